The van der Waals surface area contributed by atoms with Crippen molar-refractivity contribution in [2.24, 2.45) is 0 Å². The smallest absolute Gasteiger partial charge is 0.292 e. The Balaban J connectivity index is 1.48. The van der Waals surface area contributed by atoms with Crippen LogP contribution in [0, 0.1) is 6.92 Å². The molecule has 1 fully saturated rings. The Morgan fingerprint density at radius 3 is 2.64 bits per heavy atom. The lowest BCUT2D eigenvalue weighted by molar-refractivity contribution is -0.180. The lowest BCUT2D eigenvalue weighted by atomic mass is 10.0. The van der Waals surface area contributed by atoms with Gasteiger partial charge in [-0.1, -0.05) is 29.8 Å². The minimum Gasteiger partial charge on any atom is -0.494 e. The van der Waals surface area contributed by atoms with Gasteiger partial charge in [0.05, 0.1) is 25.5 Å². The molecule has 2 aliphatic rings. The Hall–Kier alpha value is -2.37. The van der Waals surface area contributed by atoms with Gasteiger partial charge in [0.25, 0.3) is 11.7 Å². The van der Waals surface area contributed by atoms with Crippen LogP contribution in [0.4, 0.5) is 5.69 Å². The van der Waals surface area contributed by atoms with E-state index in [1.807, 2.05) is 55.5 Å². The van der Waals surface area contributed by atoms with Gasteiger partial charge in [0.1, 0.15) is 5.75 Å². The quantitative estimate of drug-likeness (QED) is 0.786. The lowest BCUT2D eigenvalue weighted by Crippen LogP contribution is -2.41. The van der Waals surface area contributed by atoms with Gasteiger partial charge in [-0.25, -0.2) is 0 Å². The van der Waals surface area contributed by atoms with Gasteiger partial charge in [-0.3, -0.25) is 4.79 Å². The summed E-state index contributed by atoms with van der Waals surface area (Å²) in [5.41, 5.74) is 2.77. The topological polar surface area (TPSA) is 48.0 Å². The summed E-state index contributed by atoms with van der Waals surface area (Å²) in [6.45, 7) is 3.98. The third-order valence-corrected chi connectivity index (χ3v) is 4.56. The van der Waals surface area contributed by atoms with E-state index in [-0.39, 0.29) is 5.91 Å². The van der Waals surface area contributed by atoms with Gasteiger partial charge < -0.3 is 19.1 Å². The Bertz CT molecular complexity index is 769. The number of carbonyl (C=O) groups is 1. The second-order valence-corrected chi connectivity index (χ2v) is 6.31. The molecule has 0 saturated carbocycles. The van der Waals surface area contributed by atoms with Crippen molar-refractivity contribution < 1.29 is 19.0 Å². The molecule has 0 N–H and O–H groups in total. The van der Waals surface area contributed by atoms with E-state index in [0.29, 0.717) is 26.4 Å². The number of benzene rings is 2. The Morgan fingerprint density at radius 1 is 1.12 bits per heavy atom. The number of anilines is 1. The summed E-state index contributed by atoms with van der Waals surface area (Å²) in [6, 6.07) is 15.7. The molecule has 25 heavy (non-hydrogen) atoms. The van der Waals surface area contributed by atoms with E-state index in [2.05, 4.69) is 0 Å². The predicted octanol–water partition coefficient (Wildman–Crippen LogP) is 3.01. The molecule has 0 atom stereocenters. The summed E-state index contributed by atoms with van der Waals surface area (Å²) >= 11 is 0. The van der Waals surface area contributed by atoms with Gasteiger partial charge in [-0.05, 0) is 37.6 Å². The maximum absolute atomic E-state index is 13.0. The zero-order chi connectivity index (χ0) is 17.3. The van der Waals surface area contributed by atoms with Crippen LogP contribution < -0.4 is 9.64 Å². The Kier molecular flexibility index (Phi) is 4.19. The highest BCUT2D eigenvalue weighted by Crippen LogP contribution is 2.46. The van der Waals surface area contributed by atoms with E-state index in [9.17, 15) is 4.79 Å². The molecule has 2 aromatic carbocycles. The third kappa shape index (κ3) is 2.79. The van der Waals surface area contributed by atoms with E-state index >= 15 is 0 Å². The number of fused-ring (bicyclic) bond motifs is 2. The van der Waals surface area contributed by atoms with Crippen molar-refractivity contribution in [3.63, 3.8) is 0 Å². The van der Waals surface area contributed by atoms with Crippen LogP contribution in [0.25, 0.3) is 0 Å². The van der Waals surface area contributed by atoms with Crippen LogP contribution in [-0.2, 0) is 20.1 Å². The average Bonchev–Trinajstić information content (AvgIpc) is 3.20. The van der Waals surface area contributed by atoms with E-state index < -0.39 is 5.79 Å². The van der Waals surface area contributed by atoms with Crippen LogP contribution in [0.5, 0.6) is 5.75 Å². The van der Waals surface area contributed by atoms with Gasteiger partial charge in [-0.2, -0.15) is 0 Å². The first-order valence-corrected chi connectivity index (χ1v) is 8.59. The summed E-state index contributed by atoms with van der Waals surface area (Å²) in [5, 5.41) is 0. The Labute approximate surface area is 147 Å². The summed E-state index contributed by atoms with van der Waals surface area (Å²) in [4.78, 5) is 14.8. The number of ether oxygens (including phenoxy) is 3. The van der Waals surface area contributed by atoms with E-state index in [4.69, 9.17) is 14.2 Å². The summed E-state index contributed by atoms with van der Waals surface area (Å²) < 4.78 is 17.2. The van der Waals surface area contributed by atoms with E-state index in [1.54, 1.807) is 4.90 Å². The van der Waals surface area contributed by atoms with Crippen LogP contribution in [-0.4, -0.2) is 32.3 Å². The van der Waals surface area contributed by atoms with Gasteiger partial charge in [-0.15, -0.1) is 0 Å². The highest BCUT2D eigenvalue weighted by molar-refractivity contribution is 6.06. The molecule has 0 aromatic heterocycles. The molecular weight excluding hydrogens is 318 g/mol. The second kappa shape index (κ2) is 6.50. The van der Waals surface area contributed by atoms with Crippen LogP contribution in [0.3, 0.4) is 0 Å². The fourth-order valence-electron chi connectivity index (χ4n) is 3.39. The molecule has 2 aliphatic heterocycles. The largest absolute Gasteiger partial charge is 0.494 e. The number of aryl methyl sites for hydroxylation is 1. The van der Waals surface area contributed by atoms with Gasteiger partial charge in [0.2, 0.25) is 0 Å². The molecule has 0 radical (unpaired) electrons. The number of hydrogen-bond donors (Lipinski definition) is 0. The molecule has 2 aromatic rings. The number of carbonyl (C=O) groups excluding carboxylic acids is 1. The third-order valence-electron chi connectivity index (χ3n) is 4.56. The Morgan fingerprint density at radius 2 is 1.88 bits per heavy atom. The second-order valence-electron chi connectivity index (χ2n) is 6.31. The van der Waals surface area contributed by atoms with Crippen molar-refractivity contribution in [3.05, 3.63) is 59.7 Å². The van der Waals surface area contributed by atoms with Gasteiger partial charge in [0, 0.05) is 12.1 Å². The van der Waals surface area contributed by atoms with Crippen LogP contribution in [0.15, 0.2) is 48.5 Å². The zero-order valence-electron chi connectivity index (χ0n) is 14.2. The molecule has 130 valence electrons. The number of nitrogens with zero attached hydrogens (tertiary/aromatic N) is 1. The van der Waals surface area contributed by atoms with E-state index in [0.717, 1.165) is 29.0 Å². The molecule has 1 saturated heterocycles. The molecule has 0 unspecified atom stereocenters. The molecule has 5 nitrogen and oxygen atoms in total. The first kappa shape index (κ1) is 16.1. The van der Waals surface area contributed by atoms with Crippen molar-refractivity contribution in [1.29, 1.82) is 0 Å². The zero-order valence-corrected chi connectivity index (χ0v) is 14.2. The molecule has 1 amide bonds. The average molecular weight is 339 g/mol. The summed E-state index contributed by atoms with van der Waals surface area (Å²) in [6.07, 6.45) is 0.726. The van der Waals surface area contributed by atoms with Crippen LogP contribution in [0.1, 0.15) is 17.5 Å². The first-order chi connectivity index (χ1) is 12.2. The van der Waals surface area contributed by atoms with Gasteiger partial charge in [0.15, 0.2) is 0 Å². The molecule has 1 spiro atoms. The molecular formula is C20H21NO4. The first-order valence-electron chi connectivity index (χ1n) is 8.59. The van der Waals surface area contributed by atoms with Crippen molar-refractivity contribution in [3.8, 4) is 5.75 Å². The van der Waals surface area contributed by atoms with Gasteiger partial charge >= 0.3 is 0 Å². The normalized spacial score (nSPS) is 18.0. The maximum atomic E-state index is 13.0. The number of para-hydroxylation sites is 1. The van der Waals surface area contributed by atoms with Crippen molar-refractivity contribution in [1.82, 2.24) is 0 Å². The number of hydrogen-bond acceptors (Lipinski definition) is 4. The van der Waals surface area contributed by atoms with Crippen molar-refractivity contribution in [2.45, 2.75) is 19.1 Å². The highest BCUT2D eigenvalue weighted by Gasteiger charge is 2.55. The molecule has 4 rings (SSSR count). The number of amides is 1. The maximum Gasteiger partial charge on any atom is 0.292 e. The summed E-state index contributed by atoms with van der Waals surface area (Å²) in [7, 11) is 0. The molecule has 0 bridgehead atoms. The predicted molar refractivity (Wildman–Crippen MR) is 93.7 cm³/mol. The highest BCUT2D eigenvalue weighted by atomic mass is 16.7. The fourth-order valence-corrected chi connectivity index (χ4v) is 3.39. The van der Waals surface area contributed by atoms with E-state index in [1.165, 1.54) is 0 Å². The SMILES string of the molecule is Cc1ccc2c(c1)C1(OCCO1)C(=O)N2CCCOc1ccccc1. The van der Waals surface area contributed by atoms with Crippen LogP contribution >= 0.6 is 0 Å². The number of rotatable bonds is 5. The molecule has 5 heteroatoms. The minimum atomic E-state index is -1.25. The monoisotopic (exact) mass is 339 g/mol. The fraction of sp³-hybridized carbons (Fsp3) is 0.350. The molecule has 0 aliphatic carbocycles. The summed E-state index contributed by atoms with van der Waals surface area (Å²) in [5.74, 6) is -0.544. The standard InChI is InChI=1S/C20H21NO4/c1-15-8-9-18-17(14-15)20(24-12-13-25-20)19(22)21(18)10-5-11-23-16-6-3-2-4-7-16/h2-4,6-9,14H,5,10-13H2,1H3. The minimum absolute atomic E-state index is 0.134. The van der Waals surface area contributed by atoms with Crippen molar-refractivity contribution >= 4 is 11.6 Å². The lowest BCUT2D eigenvalue weighted by Gasteiger charge is -2.22. The van der Waals surface area contributed by atoms with Crippen LogP contribution in [0.2, 0.25) is 0 Å². The van der Waals surface area contributed by atoms with Crippen molar-refractivity contribution in [2.75, 3.05) is 31.3 Å². The molecule has 2 heterocycles.